The number of sulfonamides is 1. The van der Waals surface area contributed by atoms with Crippen LogP contribution in [-0.2, 0) is 16.6 Å². The van der Waals surface area contributed by atoms with Gasteiger partial charge in [-0.15, -0.1) is 0 Å². The van der Waals surface area contributed by atoms with Gasteiger partial charge in [-0.2, -0.15) is 0 Å². The molecule has 3 aromatic carbocycles. The fraction of sp³-hybridized carbons (Fsp3) is 0.240. The Morgan fingerprint density at radius 1 is 0.969 bits per heavy atom. The lowest BCUT2D eigenvalue weighted by molar-refractivity contribution is 0.0784. The second-order valence-electron chi connectivity index (χ2n) is 7.69. The van der Waals surface area contributed by atoms with E-state index in [4.69, 9.17) is 4.74 Å². The molecular formula is C25H28N2O4S. The van der Waals surface area contributed by atoms with Gasteiger partial charge in [-0.1, -0.05) is 35.9 Å². The second kappa shape index (κ2) is 9.87. The summed E-state index contributed by atoms with van der Waals surface area (Å²) in [7, 11) is -2.13. The largest absolute Gasteiger partial charge is 0.494 e. The van der Waals surface area contributed by atoms with Crippen molar-refractivity contribution in [2.45, 2.75) is 32.2 Å². The summed E-state index contributed by atoms with van der Waals surface area (Å²) in [5.74, 6) is 0.531. The quantitative estimate of drug-likeness (QED) is 0.534. The minimum Gasteiger partial charge on any atom is -0.494 e. The van der Waals surface area contributed by atoms with Crippen LogP contribution in [0, 0.1) is 13.8 Å². The number of ether oxygens (including phenoxy) is 1. The number of hydrogen-bond acceptors (Lipinski definition) is 4. The van der Waals surface area contributed by atoms with Gasteiger partial charge in [-0.3, -0.25) is 9.52 Å². The van der Waals surface area contributed by atoms with Crippen molar-refractivity contribution in [2.75, 3.05) is 18.4 Å². The number of rotatable bonds is 8. The van der Waals surface area contributed by atoms with E-state index in [1.54, 1.807) is 37.1 Å². The summed E-state index contributed by atoms with van der Waals surface area (Å²) in [6.45, 7) is 6.63. The monoisotopic (exact) mass is 452 g/mol. The highest BCUT2D eigenvalue weighted by molar-refractivity contribution is 7.92. The number of nitrogens with zero attached hydrogens (tertiary/aromatic N) is 1. The lowest BCUT2D eigenvalue weighted by atomic mass is 10.1. The average molecular weight is 453 g/mol. The highest BCUT2D eigenvalue weighted by Crippen LogP contribution is 2.21. The number of aryl methyl sites for hydroxylation is 2. The van der Waals surface area contributed by atoms with Gasteiger partial charge in [-0.25, -0.2) is 8.42 Å². The first-order valence-electron chi connectivity index (χ1n) is 10.4. The normalized spacial score (nSPS) is 11.1. The van der Waals surface area contributed by atoms with Crippen molar-refractivity contribution in [1.82, 2.24) is 4.90 Å². The molecule has 1 amide bonds. The van der Waals surface area contributed by atoms with Crippen LogP contribution in [0.4, 0.5) is 5.69 Å². The van der Waals surface area contributed by atoms with Crippen LogP contribution in [-0.4, -0.2) is 32.9 Å². The molecule has 0 aliphatic heterocycles. The molecule has 0 bridgehead atoms. The number of benzene rings is 3. The summed E-state index contributed by atoms with van der Waals surface area (Å²) in [6, 6.07) is 19.2. The lowest BCUT2D eigenvalue weighted by Crippen LogP contribution is -2.27. The molecule has 6 nitrogen and oxygen atoms in total. The van der Waals surface area contributed by atoms with Gasteiger partial charge in [0.2, 0.25) is 0 Å². The predicted octanol–water partition coefficient (Wildman–Crippen LogP) is 4.78. The molecule has 0 aliphatic carbocycles. The molecule has 7 heteroatoms. The Morgan fingerprint density at radius 3 is 2.25 bits per heavy atom. The van der Waals surface area contributed by atoms with E-state index in [0.29, 0.717) is 30.0 Å². The van der Waals surface area contributed by atoms with E-state index < -0.39 is 10.0 Å². The third kappa shape index (κ3) is 5.68. The Morgan fingerprint density at radius 2 is 1.62 bits per heavy atom. The van der Waals surface area contributed by atoms with Gasteiger partial charge in [0.15, 0.2) is 0 Å². The van der Waals surface area contributed by atoms with Gasteiger partial charge >= 0.3 is 0 Å². The van der Waals surface area contributed by atoms with E-state index in [0.717, 1.165) is 16.9 Å². The first kappa shape index (κ1) is 23.3. The predicted molar refractivity (Wildman–Crippen MR) is 127 cm³/mol. The zero-order valence-corrected chi connectivity index (χ0v) is 19.6. The van der Waals surface area contributed by atoms with Crippen molar-refractivity contribution < 1.29 is 17.9 Å². The van der Waals surface area contributed by atoms with Gasteiger partial charge in [0.05, 0.1) is 11.5 Å². The highest BCUT2D eigenvalue weighted by Gasteiger charge is 2.20. The van der Waals surface area contributed by atoms with Crippen molar-refractivity contribution in [2.24, 2.45) is 0 Å². The Kier molecular flexibility index (Phi) is 7.20. The Balaban J connectivity index is 1.79. The minimum absolute atomic E-state index is 0.0430. The molecule has 1 N–H and O–H groups in total. The first-order chi connectivity index (χ1) is 15.2. The molecular weight excluding hydrogens is 424 g/mol. The molecule has 0 spiro atoms. The fourth-order valence-electron chi connectivity index (χ4n) is 3.24. The summed E-state index contributed by atoms with van der Waals surface area (Å²) in [5.41, 5.74) is 3.52. The smallest absolute Gasteiger partial charge is 0.261 e. The van der Waals surface area contributed by atoms with Crippen molar-refractivity contribution in [1.29, 1.82) is 0 Å². The van der Waals surface area contributed by atoms with E-state index in [-0.39, 0.29) is 10.8 Å². The molecule has 168 valence electrons. The zero-order valence-electron chi connectivity index (χ0n) is 18.8. The third-order valence-corrected chi connectivity index (χ3v) is 6.43. The molecule has 32 heavy (non-hydrogen) atoms. The Bertz CT molecular complexity index is 1190. The average Bonchev–Trinajstić information content (AvgIpc) is 2.76. The first-order valence-corrected chi connectivity index (χ1v) is 11.9. The number of anilines is 1. The van der Waals surface area contributed by atoms with Crippen LogP contribution in [0.5, 0.6) is 5.75 Å². The number of nitrogens with one attached hydrogen (secondary N) is 1. The Labute approximate surface area is 189 Å². The summed E-state index contributed by atoms with van der Waals surface area (Å²) in [6.07, 6.45) is 0. The minimum atomic E-state index is -3.83. The van der Waals surface area contributed by atoms with Gasteiger partial charge in [0, 0.05) is 24.8 Å². The molecule has 0 aliphatic rings. The molecule has 0 saturated carbocycles. The van der Waals surface area contributed by atoms with E-state index in [9.17, 15) is 13.2 Å². The van der Waals surface area contributed by atoms with Crippen molar-refractivity contribution in [3.63, 3.8) is 0 Å². The van der Waals surface area contributed by atoms with Gasteiger partial charge in [0.1, 0.15) is 5.75 Å². The second-order valence-corrected chi connectivity index (χ2v) is 9.37. The van der Waals surface area contributed by atoms with E-state index in [2.05, 4.69) is 4.72 Å². The van der Waals surface area contributed by atoms with E-state index >= 15 is 0 Å². The maximum absolute atomic E-state index is 13.1. The van der Waals surface area contributed by atoms with Crippen molar-refractivity contribution in [3.8, 4) is 5.75 Å². The molecule has 3 rings (SSSR count). The number of amides is 1. The fourth-order valence-corrected chi connectivity index (χ4v) is 4.33. The SMILES string of the molecule is CCOc1ccc(CN(C)C(=O)c2cc(S(=O)(=O)Nc3ccc(C)cc3)ccc2C)cc1. The molecule has 0 heterocycles. The van der Waals surface area contributed by atoms with Crippen molar-refractivity contribution >= 4 is 21.6 Å². The molecule has 0 fully saturated rings. The van der Waals surface area contributed by atoms with Crippen LogP contribution in [0.2, 0.25) is 0 Å². The summed E-state index contributed by atoms with van der Waals surface area (Å²) in [4.78, 5) is 14.7. The number of hydrogen-bond donors (Lipinski definition) is 1. The summed E-state index contributed by atoms with van der Waals surface area (Å²) in [5, 5.41) is 0. The topological polar surface area (TPSA) is 75.7 Å². The maximum Gasteiger partial charge on any atom is 0.261 e. The number of carbonyl (C=O) groups excluding carboxylic acids is 1. The van der Waals surface area contributed by atoms with E-state index in [1.807, 2.05) is 50.2 Å². The standard InChI is InChI=1S/C25H28N2O4S/c1-5-31-22-13-9-20(10-14-22)17-27(4)25(28)24-16-23(15-8-19(24)3)32(29,30)26-21-11-6-18(2)7-12-21/h6-16,26H,5,17H2,1-4H3. The lowest BCUT2D eigenvalue weighted by Gasteiger charge is -2.19. The van der Waals surface area contributed by atoms with Gasteiger partial charge < -0.3 is 9.64 Å². The molecule has 0 radical (unpaired) electrons. The Hall–Kier alpha value is -3.32. The van der Waals surface area contributed by atoms with Crippen LogP contribution in [0.15, 0.2) is 71.6 Å². The zero-order chi connectivity index (χ0) is 23.3. The third-order valence-electron chi connectivity index (χ3n) is 5.05. The highest BCUT2D eigenvalue weighted by atomic mass is 32.2. The van der Waals surface area contributed by atoms with Crippen LogP contribution < -0.4 is 9.46 Å². The van der Waals surface area contributed by atoms with Crippen LogP contribution in [0.1, 0.15) is 34.0 Å². The van der Waals surface area contributed by atoms with Gasteiger partial charge in [0.25, 0.3) is 15.9 Å². The molecule has 0 atom stereocenters. The molecule has 3 aromatic rings. The van der Waals surface area contributed by atoms with E-state index in [1.165, 1.54) is 12.1 Å². The summed E-state index contributed by atoms with van der Waals surface area (Å²) >= 11 is 0. The molecule has 0 unspecified atom stereocenters. The van der Waals surface area contributed by atoms with Crippen LogP contribution >= 0.6 is 0 Å². The van der Waals surface area contributed by atoms with Crippen LogP contribution in [0.25, 0.3) is 0 Å². The summed E-state index contributed by atoms with van der Waals surface area (Å²) < 4.78 is 33.8. The van der Waals surface area contributed by atoms with Crippen molar-refractivity contribution in [3.05, 3.63) is 89.0 Å². The molecule has 0 aromatic heterocycles. The number of carbonyl (C=O) groups is 1. The molecule has 0 saturated heterocycles. The maximum atomic E-state index is 13.1. The van der Waals surface area contributed by atoms with Gasteiger partial charge in [-0.05, 0) is 68.3 Å². The van der Waals surface area contributed by atoms with Crippen LogP contribution in [0.3, 0.4) is 0 Å².